The Labute approximate surface area is 186 Å². The van der Waals surface area contributed by atoms with Crippen molar-refractivity contribution in [2.75, 3.05) is 17.1 Å². The van der Waals surface area contributed by atoms with Gasteiger partial charge in [-0.25, -0.2) is 12.8 Å². The Morgan fingerprint density at radius 1 is 1.03 bits per heavy atom. The maximum atomic E-state index is 13.2. The molecule has 156 valence electrons. The molecule has 6 nitrogen and oxygen atoms in total. The Morgan fingerprint density at radius 3 is 2.33 bits per heavy atom. The third kappa shape index (κ3) is 5.10. The third-order valence-corrected chi connectivity index (χ3v) is 6.23. The van der Waals surface area contributed by atoms with Crippen LogP contribution in [-0.4, -0.2) is 21.4 Å². The van der Waals surface area contributed by atoms with Crippen molar-refractivity contribution >= 4 is 54.8 Å². The zero-order chi connectivity index (χ0) is 21.9. The Bertz CT molecular complexity index is 1200. The minimum Gasteiger partial charge on any atom is -0.495 e. The Balaban J connectivity index is 1.91. The molecule has 2 N–H and O–H groups in total. The highest BCUT2D eigenvalue weighted by Gasteiger charge is 2.21. The largest absolute Gasteiger partial charge is 0.495 e. The second-order valence-corrected chi connectivity index (χ2v) is 9.03. The number of rotatable bonds is 6. The van der Waals surface area contributed by atoms with Gasteiger partial charge in [0, 0.05) is 15.8 Å². The fourth-order valence-corrected chi connectivity index (χ4v) is 4.34. The van der Waals surface area contributed by atoms with Crippen LogP contribution in [0.3, 0.4) is 0 Å². The molecule has 3 aromatic rings. The molecule has 0 spiro atoms. The van der Waals surface area contributed by atoms with Crippen LogP contribution < -0.4 is 14.8 Å². The van der Waals surface area contributed by atoms with E-state index in [0.29, 0.717) is 5.69 Å². The Hall–Kier alpha value is -2.62. The normalized spacial score (nSPS) is 11.1. The first-order valence-electron chi connectivity index (χ1n) is 8.42. The van der Waals surface area contributed by atoms with E-state index in [0.717, 1.165) is 16.6 Å². The van der Waals surface area contributed by atoms with E-state index >= 15 is 0 Å². The summed E-state index contributed by atoms with van der Waals surface area (Å²) in [4.78, 5) is 12.3. The van der Waals surface area contributed by atoms with Gasteiger partial charge in [0.2, 0.25) is 0 Å². The lowest BCUT2D eigenvalue weighted by Crippen LogP contribution is -2.16. The minimum absolute atomic E-state index is 0.0475. The number of ether oxygens (including phenoxy) is 1. The molecule has 0 fully saturated rings. The van der Waals surface area contributed by atoms with Crippen LogP contribution in [0.5, 0.6) is 5.75 Å². The number of benzene rings is 3. The summed E-state index contributed by atoms with van der Waals surface area (Å²) in [6, 6.07) is 14.1. The molecule has 0 unspecified atom stereocenters. The number of anilines is 2. The highest BCUT2D eigenvalue weighted by atomic mass is 79.9. The molecule has 0 saturated carbocycles. The first-order chi connectivity index (χ1) is 14.2. The van der Waals surface area contributed by atoms with Crippen LogP contribution in [-0.2, 0) is 10.0 Å². The highest BCUT2D eigenvalue weighted by Crippen LogP contribution is 2.30. The van der Waals surface area contributed by atoms with Gasteiger partial charge in [-0.2, -0.15) is 0 Å². The zero-order valence-corrected chi connectivity index (χ0v) is 18.6. The van der Waals surface area contributed by atoms with Crippen LogP contribution in [0.15, 0.2) is 70.0 Å². The number of hydrogen-bond acceptors (Lipinski definition) is 4. The van der Waals surface area contributed by atoms with Crippen molar-refractivity contribution in [2.24, 2.45) is 0 Å². The molecule has 0 aliphatic rings. The van der Waals surface area contributed by atoms with Crippen LogP contribution in [0.4, 0.5) is 15.8 Å². The lowest BCUT2D eigenvalue weighted by atomic mass is 10.2. The maximum Gasteiger partial charge on any atom is 0.265 e. The second kappa shape index (κ2) is 9.03. The van der Waals surface area contributed by atoms with Crippen molar-refractivity contribution in [3.63, 3.8) is 0 Å². The first kappa shape index (κ1) is 22.1. The van der Waals surface area contributed by atoms with Crippen LogP contribution in [0.1, 0.15) is 10.4 Å². The molecule has 1 amide bonds. The number of methoxy groups -OCH3 is 1. The van der Waals surface area contributed by atoms with Gasteiger partial charge in [0.1, 0.15) is 16.5 Å². The smallest absolute Gasteiger partial charge is 0.265 e. The molecule has 3 rings (SSSR count). The van der Waals surface area contributed by atoms with Gasteiger partial charge in [0.25, 0.3) is 15.9 Å². The van der Waals surface area contributed by atoms with E-state index < -0.39 is 21.7 Å². The number of hydrogen-bond donors (Lipinski definition) is 2. The van der Waals surface area contributed by atoms with Crippen molar-refractivity contribution in [3.8, 4) is 5.75 Å². The summed E-state index contributed by atoms with van der Waals surface area (Å²) in [5, 5.41) is 2.49. The predicted octanol–water partition coefficient (Wildman–Crippen LogP) is 5.30. The van der Waals surface area contributed by atoms with Crippen LogP contribution in [0, 0.1) is 5.82 Å². The lowest BCUT2D eigenvalue weighted by Gasteiger charge is -2.14. The summed E-state index contributed by atoms with van der Waals surface area (Å²) in [7, 11) is -2.69. The minimum atomic E-state index is -4.02. The fourth-order valence-electron chi connectivity index (χ4n) is 2.56. The zero-order valence-electron chi connectivity index (χ0n) is 15.4. The predicted molar refractivity (Wildman–Crippen MR) is 117 cm³/mol. The van der Waals surface area contributed by atoms with E-state index in [1.54, 1.807) is 24.3 Å². The maximum absolute atomic E-state index is 13.2. The van der Waals surface area contributed by atoms with Gasteiger partial charge in [-0.3, -0.25) is 9.52 Å². The van der Waals surface area contributed by atoms with Crippen molar-refractivity contribution in [1.29, 1.82) is 0 Å². The summed E-state index contributed by atoms with van der Waals surface area (Å²) < 4.78 is 47.4. The molecule has 10 heteroatoms. The van der Waals surface area contributed by atoms with Crippen molar-refractivity contribution < 1.29 is 22.3 Å². The number of carbonyl (C=O) groups is 1. The van der Waals surface area contributed by atoms with Gasteiger partial charge >= 0.3 is 0 Å². The SMILES string of the molecule is COc1ccc(NC(=O)c2ccc(F)cc2Cl)cc1S(=O)(=O)Nc1ccc(Br)cc1. The molecule has 0 aliphatic heterocycles. The number of carbonyl (C=O) groups excluding carboxylic acids is 1. The number of amides is 1. The molecular weight excluding hydrogens is 499 g/mol. The standard InChI is InChI=1S/C20H15BrClFN2O4S/c1-29-18-9-7-15(24-20(26)16-8-4-13(23)10-17(16)22)11-19(18)30(27,28)25-14-5-2-12(21)3-6-14/h2-11,25H,1H3,(H,24,26). The van der Waals surface area contributed by atoms with E-state index in [4.69, 9.17) is 16.3 Å². The van der Waals surface area contributed by atoms with Crippen molar-refractivity contribution in [2.45, 2.75) is 4.90 Å². The van der Waals surface area contributed by atoms with Gasteiger partial charge in [0.15, 0.2) is 0 Å². The topological polar surface area (TPSA) is 84.5 Å². The van der Waals surface area contributed by atoms with Gasteiger partial charge in [-0.15, -0.1) is 0 Å². The van der Waals surface area contributed by atoms with E-state index in [1.807, 2.05) is 0 Å². The van der Waals surface area contributed by atoms with Crippen LogP contribution in [0.25, 0.3) is 0 Å². The average molecular weight is 514 g/mol. The average Bonchev–Trinajstić information content (AvgIpc) is 2.69. The molecule has 0 saturated heterocycles. The molecule has 30 heavy (non-hydrogen) atoms. The molecule has 0 heterocycles. The monoisotopic (exact) mass is 512 g/mol. The van der Waals surface area contributed by atoms with Crippen molar-refractivity contribution in [3.05, 3.63) is 81.5 Å². The van der Waals surface area contributed by atoms with Crippen LogP contribution >= 0.6 is 27.5 Å². The van der Waals surface area contributed by atoms with E-state index in [9.17, 15) is 17.6 Å². The molecule has 0 aliphatic carbocycles. The van der Waals surface area contributed by atoms with Gasteiger partial charge < -0.3 is 10.1 Å². The summed E-state index contributed by atoms with van der Waals surface area (Å²) in [5.41, 5.74) is 0.594. The third-order valence-electron chi connectivity index (χ3n) is 3.98. The first-order valence-corrected chi connectivity index (χ1v) is 11.1. The molecule has 0 aromatic heterocycles. The fraction of sp³-hybridized carbons (Fsp3) is 0.0500. The summed E-state index contributed by atoms with van der Waals surface area (Å²) in [6.45, 7) is 0. The van der Waals surface area contributed by atoms with Gasteiger partial charge in [-0.05, 0) is 60.7 Å². The summed E-state index contributed by atoms with van der Waals surface area (Å²) in [5.74, 6) is -1.10. The molecular formula is C20H15BrClFN2O4S. The highest BCUT2D eigenvalue weighted by molar-refractivity contribution is 9.10. The molecule has 0 atom stereocenters. The number of halogens is 3. The van der Waals surface area contributed by atoms with Crippen LogP contribution in [0.2, 0.25) is 5.02 Å². The number of sulfonamides is 1. The summed E-state index contributed by atoms with van der Waals surface area (Å²) >= 11 is 9.20. The second-order valence-electron chi connectivity index (χ2n) is 6.06. The van der Waals surface area contributed by atoms with E-state index in [1.165, 1.54) is 31.4 Å². The summed E-state index contributed by atoms with van der Waals surface area (Å²) in [6.07, 6.45) is 0. The van der Waals surface area contributed by atoms with Gasteiger partial charge in [0.05, 0.1) is 17.7 Å². The van der Waals surface area contributed by atoms with Crippen molar-refractivity contribution in [1.82, 2.24) is 0 Å². The lowest BCUT2D eigenvalue weighted by molar-refractivity contribution is 0.102. The van der Waals surface area contributed by atoms with E-state index in [2.05, 4.69) is 26.0 Å². The quantitative estimate of drug-likeness (QED) is 0.468. The Kier molecular flexibility index (Phi) is 6.64. The van der Waals surface area contributed by atoms with E-state index in [-0.39, 0.29) is 26.9 Å². The van der Waals surface area contributed by atoms with Gasteiger partial charge in [-0.1, -0.05) is 27.5 Å². The molecule has 3 aromatic carbocycles. The molecule has 0 bridgehead atoms. The number of nitrogens with one attached hydrogen (secondary N) is 2. The Morgan fingerprint density at radius 2 is 1.70 bits per heavy atom. The molecule has 0 radical (unpaired) electrons.